The summed E-state index contributed by atoms with van der Waals surface area (Å²) in [5, 5.41) is 12.4. The summed E-state index contributed by atoms with van der Waals surface area (Å²) in [7, 11) is 0. The third-order valence-electron chi connectivity index (χ3n) is 3.34. The lowest BCUT2D eigenvalue weighted by atomic mass is 9.91. The van der Waals surface area contributed by atoms with E-state index in [0.717, 1.165) is 17.0 Å². The minimum Gasteiger partial charge on any atom is -0.297 e. The maximum absolute atomic E-state index is 11.9. The Kier molecular flexibility index (Phi) is 4.85. The van der Waals surface area contributed by atoms with Crippen LogP contribution in [0.2, 0.25) is 0 Å². The van der Waals surface area contributed by atoms with Gasteiger partial charge in [0.1, 0.15) is 5.01 Å². The van der Waals surface area contributed by atoms with Gasteiger partial charge >= 0.3 is 0 Å². The molecule has 1 aromatic carbocycles. The molecule has 5 heteroatoms. The normalized spacial score (nSPS) is 11.8. The molecular formula is C16H19N3OS. The third kappa shape index (κ3) is 4.23. The monoisotopic (exact) mass is 301 g/mol. The molecule has 0 saturated carbocycles. The van der Waals surface area contributed by atoms with Crippen molar-refractivity contribution >= 4 is 28.5 Å². The lowest BCUT2D eigenvalue weighted by Gasteiger charge is -2.17. The maximum atomic E-state index is 11.9. The first-order chi connectivity index (χ1) is 10.0. The summed E-state index contributed by atoms with van der Waals surface area (Å²) in [5.41, 5.74) is 0.971. The summed E-state index contributed by atoms with van der Waals surface area (Å²) in [6, 6.07) is 9.69. The Labute approximate surface area is 128 Å². The van der Waals surface area contributed by atoms with Gasteiger partial charge in [0.2, 0.25) is 11.0 Å². The van der Waals surface area contributed by atoms with Gasteiger partial charge in [0.25, 0.3) is 0 Å². The molecule has 4 nitrogen and oxygen atoms in total. The number of nitrogens with one attached hydrogen (secondary N) is 1. The van der Waals surface area contributed by atoms with Crippen molar-refractivity contribution in [1.29, 1.82) is 0 Å². The molecule has 0 aliphatic heterocycles. The third-order valence-corrected chi connectivity index (χ3v) is 4.55. The molecule has 0 unspecified atom stereocenters. The van der Waals surface area contributed by atoms with Gasteiger partial charge < -0.3 is 0 Å². The van der Waals surface area contributed by atoms with E-state index in [-0.39, 0.29) is 11.3 Å². The fraction of sp³-hybridized carbons (Fsp3) is 0.312. The van der Waals surface area contributed by atoms with E-state index in [4.69, 9.17) is 0 Å². The summed E-state index contributed by atoms with van der Waals surface area (Å²) in [6.07, 6.45) is 4.25. The van der Waals surface area contributed by atoms with Crippen molar-refractivity contribution in [1.82, 2.24) is 10.2 Å². The van der Waals surface area contributed by atoms with Gasteiger partial charge in [-0.05, 0) is 18.1 Å². The number of carbonyl (C=O) groups is 1. The van der Waals surface area contributed by atoms with Crippen LogP contribution in [0.4, 0.5) is 5.13 Å². The van der Waals surface area contributed by atoms with Crippen molar-refractivity contribution in [2.45, 2.75) is 32.6 Å². The predicted molar refractivity (Wildman–Crippen MR) is 87.3 cm³/mol. The van der Waals surface area contributed by atoms with Gasteiger partial charge in [-0.25, -0.2) is 0 Å². The zero-order valence-electron chi connectivity index (χ0n) is 12.5. The van der Waals surface area contributed by atoms with Crippen molar-refractivity contribution in [3.63, 3.8) is 0 Å². The Hall–Kier alpha value is -2.01. The molecule has 0 aliphatic carbocycles. The molecule has 1 N–H and O–H groups in total. The Balaban J connectivity index is 1.99. The highest BCUT2D eigenvalue weighted by molar-refractivity contribution is 7.15. The summed E-state index contributed by atoms with van der Waals surface area (Å²) >= 11 is 1.43. The van der Waals surface area contributed by atoms with E-state index in [2.05, 4.69) is 36.3 Å². The van der Waals surface area contributed by atoms with Crippen LogP contribution in [0.5, 0.6) is 0 Å². The van der Waals surface area contributed by atoms with Crippen LogP contribution in [-0.4, -0.2) is 16.1 Å². The number of amides is 1. The Morgan fingerprint density at radius 2 is 2.00 bits per heavy atom. The molecule has 21 heavy (non-hydrogen) atoms. The topological polar surface area (TPSA) is 54.9 Å². The van der Waals surface area contributed by atoms with Crippen LogP contribution in [0.15, 0.2) is 36.4 Å². The highest BCUT2D eigenvalue weighted by atomic mass is 32.1. The smallest absolute Gasteiger partial charge is 0.250 e. The van der Waals surface area contributed by atoms with Crippen molar-refractivity contribution in [2.75, 3.05) is 5.32 Å². The maximum Gasteiger partial charge on any atom is 0.250 e. The van der Waals surface area contributed by atoms with Crippen molar-refractivity contribution < 1.29 is 4.79 Å². The molecule has 0 atom stereocenters. The fourth-order valence-electron chi connectivity index (χ4n) is 1.58. The second-order valence-electron chi connectivity index (χ2n) is 5.38. The van der Waals surface area contributed by atoms with Gasteiger partial charge in [0.15, 0.2) is 0 Å². The van der Waals surface area contributed by atoms with Gasteiger partial charge in [0.05, 0.1) is 0 Å². The van der Waals surface area contributed by atoms with Crippen LogP contribution in [0.25, 0.3) is 6.08 Å². The van der Waals surface area contributed by atoms with Gasteiger partial charge in [-0.2, -0.15) is 0 Å². The van der Waals surface area contributed by atoms with E-state index >= 15 is 0 Å². The van der Waals surface area contributed by atoms with Crippen LogP contribution in [0.3, 0.4) is 0 Å². The number of rotatable bonds is 5. The first-order valence-electron chi connectivity index (χ1n) is 6.89. The van der Waals surface area contributed by atoms with Crippen LogP contribution >= 0.6 is 11.3 Å². The van der Waals surface area contributed by atoms with Crippen molar-refractivity contribution in [3.05, 3.63) is 47.0 Å². The summed E-state index contributed by atoms with van der Waals surface area (Å²) in [4.78, 5) is 11.9. The van der Waals surface area contributed by atoms with Crippen LogP contribution in [0, 0.1) is 0 Å². The van der Waals surface area contributed by atoms with E-state index in [9.17, 15) is 4.79 Å². The highest BCUT2D eigenvalue weighted by Crippen LogP contribution is 2.30. The largest absolute Gasteiger partial charge is 0.297 e. The molecule has 2 aromatic rings. The molecule has 110 valence electrons. The number of carbonyl (C=O) groups excluding carboxylic acids is 1. The highest BCUT2D eigenvalue weighted by Gasteiger charge is 2.23. The molecular weight excluding hydrogens is 282 g/mol. The summed E-state index contributed by atoms with van der Waals surface area (Å²) in [6.45, 7) is 6.35. The van der Waals surface area contributed by atoms with E-state index in [1.54, 1.807) is 6.08 Å². The number of nitrogens with zero attached hydrogens (tertiary/aromatic N) is 2. The van der Waals surface area contributed by atoms with Gasteiger partial charge in [-0.15, -0.1) is 10.2 Å². The Morgan fingerprint density at radius 3 is 2.67 bits per heavy atom. The standard InChI is InChI=1S/C16H19N3OS/c1-4-16(2,3)14-18-19-15(21-14)17-13(20)11-10-12-8-6-5-7-9-12/h5-11H,4H2,1-3H3,(H,17,19,20)/b11-10+. The molecule has 2 rings (SSSR count). The van der Waals surface area contributed by atoms with Gasteiger partial charge in [-0.1, -0.05) is 62.4 Å². The van der Waals surface area contributed by atoms with E-state index in [0.29, 0.717) is 5.13 Å². The second-order valence-corrected chi connectivity index (χ2v) is 6.36. The van der Waals surface area contributed by atoms with Gasteiger partial charge in [-0.3, -0.25) is 10.1 Å². The van der Waals surface area contributed by atoms with Crippen molar-refractivity contribution in [3.8, 4) is 0 Å². The molecule has 1 aromatic heterocycles. The predicted octanol–water partition coefficient (Wildman–Crippen LogP) is 3.88. The molecule has 0 saturated heterocycles. The van der Waals surface area contributed by atoms with Crippen LogP contribution in [-0.2, 0) is 10.2 Å². The minimum absolute atomic E-state index is 0.0134. The van der Waals surface area contributed by atoms with E-state index in [1.807, 2.05) is 30.3 Å². The lowest BCUT2D eigenvalue weighted by Crippen LogP contribution is -2.14. The SMILES string of the molecule is CCC(C)(C)c1nnc(NC(=O)/C=C/c2ccccc2)s1. The van der Waals surface area contributed by atoms with Crippen LogP contribution in [0.1, 0.15) is 37.8 Å². The molecule has 0 aliphatic rings. The molecule has 0 radical (unpaired) electrons. The number of benzene rings is 1. The zero-order valence-corrected chi connectivity index (χ0v) is 13.3. The quantitative estimate of drug-likeness (QED) is 0.853. The Bertz CT molecular complexity index is 632. The molecule has 1 heterocycles. The average molecular weight is 301 g/mol. The summed E-state index contributed by atoms with van der Waals surface area (Å²) in [5.74, 6) is -0.198. The zero-order chi connectivity index (χ0) is 15.3. The first-order valence-corrected chi connectivity index (χ1v) is 7.71. The first kappa shape index (κ1) is 15.4. The number of hydrogen-bond donors (Lipinski definition) is 1. The molecule has 0 bridgehead atoms. The summed E-state index contributed by atoms with van der Waals surface area (Å²) < 4.78 is 0. The minimum atomic E-state index is -0.198. The van der Waals surface area contributed by atoms with E-state index in [1.165, 1.54) is 17.4 Å². The Morgan fingerprint density at radius 1 is 1.29 bits per heavy atom. The van der Waals surface area contributed by atoms with E-state index < -0.39 is 0 Å². The van der Waals surface area contributed by atoms with Crippen molar-refractivity contribution in [2.24, 2.45) is 0 Å². The molecule has 1 amide bonds. The average Bonchev–Trinajstić information content (AvgIpc) is 2.95. The lowest BCUT2D eigenvalue weighted by molar-refractivity contribution is -0.111. The second kappa shape index (κ2) is 6.63. The number of anilines is 1. The number of hydrogen-bond acceptors (Lipinski definition) is 4. The fourth-order valence-corrected chi connectivity index (χ4v) is 2.50. The van der Waals surface area contributed by atoms with Gasteiger partial charge in [0, 0.05) is 11.5 Å². The number of aromatic nitrogens is 2. The van der Waals surface area contributed by atoms with Crippen LogP contribution < -0.4 is 5.32 Å². The molecule has 0 spiro atoms. The molecule has 0 fully saturated rings.